The summed E-state index contributed by atoms with van der Waals surface area (Å²) in [6.45, 7) is 15.7. The minimum atomic E-state index is -4.38. The summed E-state index contributed by atoms with van der Waals surface area (Å²) in [7, 11) is -4.38. The average Bonchev–Trinajstić information content (AvgIpc) is 2.28. The Kier molecular flexibility index (Phi) is 48.9. The average molecular weight is 1350 g/mol. The largest absolute Gasteiger partial charge is 1.00 e. The fourth-order valence-corrected chi connectivity index (χ4v) is 8.31. The third-order valence-electron chi connectivity index (χ3n) is 11.7. The molecule has 0 radical (unpaired) electrons. The Hall–Kier alpha value is -5.46. The Morgan fingerprint density at radius 2 is 0.857 bits per heavy atom. The summed E-state index contributed by atoms with van der Waals surface area (Å²) in [5.41, 5.74) is 0.937. The van der Waals surface area contributed by atoms with E-state index in [1.807, 2.05) is 17.0 Å². The molecule has 0 spiro atoms. The van der Waals surface area contributed by atoms with Gasteiger partial charge in [-0.2, -0.15) is 10.5 Å². The molecule has 0 unspecified atom stereocenters. The molecule has 0 heterocycles. The van der Waals surface area contributed by atoms with Crippen LogP contribution in [-0.2, 0) is 62.3 Å². The molecular weight excluding hydrogens is 1260 g/mol. The van der Waals surface area contributed by atoms with Gasteiger partial charge in [0, 0.05) is 68.3 Å². The molecular formula is C62H94Cl2N7NaO18S. The predicted molar refractivity (Wildman–Crippen MR) is 342 cm³/mol. The first-order valence-corrected chi connectivity index (χ1v) is 32.7. The Labute approximate surface area is 570 Å². The van der Waals surface area contributed by atoms with Gasteiger partial charge in [0.25, 0.3) is 0 Å². The number of carbonyl (C=O) groups is 5. The quantitative estimate of drug-likeness (QED) is 0.00960. The second-order valence-corrected chi connectivity index (χ2v) is 24.0. The van der Waals surface area contributed by atoms with E-state index < -0.39 is 57.3 Å². The molecule has 506 valence electrons. The number of nitrogens with one attached hydrogen (secondary N) is 3. The zero-order valence-electron chi connectivity index (χ0n) is 54.0. The second kappa shape index (κ2) is 52.0. The zero-order chi connectivity index (χ0) is 66.9. The number of nitriles is 2. The van der Waals surface area contributed by atoms with Crippen LogP contribution in [0.5, 0.6) is 0 Å². The minimum absolute atomic E-state index is 0. The molecule has 0 bridgehead atoms. The Balaban J connectivity index is 0.00000180. The summed E-state index contributed by atoms with van der Waals surface area (Å²) in [6, 6.07) is 17.7. The van der Waals surface area contributed by atoms with E-state index in [9.17, 15) is 52.6 Å². The van der Waals surface area contributed by atoms with Crippen LogP contribution in [0.4, 0.5) is 25.8 Å². The predicted octanol–water partition coefficient (Wildman–Crippen LogP) is 5.26. The molecule has 4 N–H and O–H groups in total. The molecule has 0 saturated carbocycles. The van der Waals surface area contributed by atoms with Crippen molar-refractivity contribution in [2.45, 2.75) is 111 Å². The van der Waals surface area contributed by atoms with Gasteiger partial charge in [-0.3, -0.25) is 0 Å². The van der Waals surface area contributed by atoms with Crippen molar-refractivity contribution in [1.29, 1.82) is 10.5 Å². The molecule has 2 aromatic carbocycles. The van der Waals surface area contributed by atoms with Crippen LogP contribution >= 0.6 is 23.2 Å². The number of unbranched alkanes of at least 4 members (excludes halogenated alkanes) is 6. The minimum Gasteiger partial charge on any atom is -0.748 e. The molecule has 0 aliphatic carbocycles. The molecule has 0 aromatic heterocycles. The molecule has 0 atom stereocenters. The van der Waals surface area contributed by atoms with E-state index in [4.69, 9.17) is 65.8 Å². The fraction of sp³-hybridized carbons (Fsp3) is 0.629. The first-order valence-electron chi connectivity index (χ1n) is 30.0. The number of benzene rings is 2. The standard InChI is InChI=1S/C33H51ClN4O11S.C29H44ClN3O7.Na/c1-33(2,3)49-30(39)28(26-35)25-27-9-11-29(12-10-27)38(16-20-47-31(40)36-14-8-24-50(42,43)44)17-21-48-32(41)37-15-19-46-23-22-45-18-7-5-4-6-13-34;1-29(2,3)40-27(35)25(23-31)22-24-8-10-26(11-9-24)33(14-16-34)15-19-39-28(36)32-13-18-38-21-20-37-17-7-5-4-6-12-30;/h9-12,25H,4-8,13-24H2,1-3H3,(H,36,40)(H,37,41)(H,42,43,44);8-11,22,34H,4-7,12-21H2,1-3H3,(H,32,36);/q;;+1/p-1/b28-25+;25-22+;. The molecule has 0 fully saturated rings. The van der Waals surface area contributed by atoms with Gasteiger partial charge in [-0.05, 0) is 121 Å². The second-order valence-electron chi connectivity index (χ2n) is 21.7. The van der Waals surface area contributed by atoms with Crippen LogP contribution in [0.25, 0.3) is 12.2 Å². The molecule has 2 rings (SSSR count). The van der Waals surface area contributed by atoms with Gasteiger partial charge in [-0.15, -0.1) is 23.2 Å². The third kappa shape index (κ3) is 48.0. The van der Waals surface area contributed by atoms with Crippen molar-refractivity contribution in [2.75, 3.05) is 152 Å². The van der Waals surface area contributed by atoms with E-state index in [-0.39, 0.29) is 106 Å². The van der Waals surface area contributed by atoms with Crippen molar-refractivity contribution in [3.05, 3.63) is 70.8 Å². The maximum atomic E-state index is 12.4. The zero-order valence-corrected chi connectivity index (χ0v) is 58.4. The normalized spacial score (nSPS) is 11.5. The van der Waals surface area contributed by atoms with Crippen molar-refractivity contribution in [3.63, 3.8) is 0 Å². The molecule has 3 amide bonds. The van der Waals surface area contributed by atoms with Crippen LogP contribution in [0, 0.1) is 22.7 Å². The van der Waals surface area contributed by atoms with Crippen molar-refractivity contribution >= 4 is 87.1 Å². The maximum Gasteiger partial charge on any atom is 1.00 e. The van der Waals surface area contributed by atoms with Gasteiger partial charge in [0.1, 0.15) is 54.3 Å². The number of ether oxygens (including phenoxy) is 9. The van der Waals surface area contributed by atoms with Crippen molar-refractivity contribution in [1.82, 2.24) is 16.0 Å². The van der Waals surface area contributed by atoms with Gasteiger partial charge in [0.2, 0.25) is 0 Å². The van der Waals surface area contributed by atoms with E-state index in [2.05, 4.69) is 16.0 Å². The SMILES string of the molecule is CC(C)(C)OC(=O)/C(C#N)=C/c1ccc(N(CCO)CCOC(=O)NCCOCCOCCCCCCCl)cc1.CC(C)(C)OC(=O)/C(C#N)=C/c1ccc(N(CCOC(=O)NCCCS(=O)(=O)[O-])CCOC(=O)NCCOCCOCCCCCCCl)cc1.[Na+]. The third-order valence-corrected chi connectivity index (χ3v) is 13.1. The molecule has 2 aromatic rings. The summed E-state index contributed by atoms with van der Waals surface area (Å²) in [6.07, 6.45) is 9.30. The number of nitrogens with zero attached hydrogens (tertiary/aromatic N) is 4. The molecule has 0 aliphatic rings. The Morgan fingerprint density at radius 1 is 0.516 bits per heavy atom. The van der Waals surface area contributed by atoms with Crippen LogP contribution in [-0.4, -0.2) is 202 Å². The molecule has 25 nitrogen and oxygen atoms in total. The molecule has 29 heteroatoms. The van der Waals surface area contributed by atoms with Gasteiger partial charge in [0.15, 0.2) is 0 Å². The van der Waals surface area contributed by atoms with Crippen LogP contribution in [0.1, 0.15) is 110 Å². The number of carbonyl (C=O) groups excluding carboxylic acids is 5. The topological polar surface area (TPSA) is 336 Å². The first kappa shape index (κ1) is 85.5. The van der Waals surface area contributed by atoms with Crippen LogP contribution < -0.4 is 55.3 Å². The van der Waals surface area contributed by atoms with E-state index in [1.54, 1.807) is 95.0 Å². The number of alkyl halides is 2. The van der Waals surface area contributed by atoms with E-state index >= 15 is 0 Å². The van der Waals surface area contributed by atoms with Crippen molar-refractivity contribution in [2.24, 2.45) is 0 Å². The maximum absolute atomic E-state index is 12.4. The number of esters is 2. The number of aliphatic hydroxyl groups is 1. The number of hydrogen-bond donors (Lipinski definition) is 4. The van der Waals surface area contributed by atoms with Gasteiger partial charge < -0.3 is 78.0 Å². The number of alkyl carbamates (subject to hydrolysis) is 3. The first-order chi connectivity index (χ1) is 42.9. The van der Waals surface area contributed by atoms with Crippen molar-refractivity contribution < 1.29 is 114 Å². The molecule has 0 saturated heterocycles. The smallest absolute Gasteiger partial charge is 0.748 e. The summed E-state index contributed by atoms with van der Waals surface area (Å²) in [5, 5.41) is 35.9. The Bertz CT molecular complexity index is 2620. The van der Waals surface area contributed by atoms with Crippen LogP contribution in [0.3, 0.4) is 0 Å². The summed E-state index contributed by atoms with van der Waals surface area (Å²) < 4.78 is 80.3. The van der Waals surface area contributed by atoms with E-state index in [0.717, 1.165) is 57.1 Å². The van der Waals surface area contributed by atoms with Gasteiger partial charge in [-0.1, -0.05) is 49.9 Å². The Morgan fingerprint density at radius 3 is 1.19 bits per heavy atom. The van der Waals surface area contributed by atoms with Gasteiger partial charge in [-0.25, -0.2) is 32.4 Å². The summed E-state index contributed by atoms with van der Waals surface area (Å²) in [4.78, 5) is 64.4. The van der Waals surface area contributed by atoms with E-state index in [0.29, 0.717) is 94.5 Å². The van der Waals surface area contributed by atoms with Crippen LogP contribution in [0.15, 0.2) is 59.7 Å². The van der Waals surface area contributed by atoms with Gasteiger partial charge >= 0.3 is 59.8 Å². The number of amides is 3. The summed E-state index contributed by atoms with van der Waals surface area (Å²) in [5.74, 6) is -0.646. The van der Waals surface area contributed by atoms with Crippen molar-refractivity contribution in [3.8, 4) is 12.1 Å². The number of aliphatic hydroxyl groups excluding tert-OH is 1. The number of rotatable bonds is 45. The summed E-state index contributed by atoms with van der Waals surface area (Å²) >= 11 is 11.3. The monoisotopic (exact) mass is 1350 g/mol. The molecule has 91 heavy (non-hydrogen) atoms. The molecule has 0 aliphatic heterocycles. The van der Waals surface area contributed by atoms with E-state index in [1.165, 1.54) is 12.2 Å². The number of halogens is 2. The number of hydrogen-bond acceptors (Lipinski definition) is 22. The fourth-order valence-electron chi connectivity index (χ4n) is 7.43. The van der Waals surface area contributed by atoms with Gasteiger partial charge in [0.05, 0.1) is 76.0 Å². The van der Waals surface area contributed by atoms with Crippen LogP contribution in [0.2, 0.25) is 0 Å². The number of anilines is 2.